The summed E-state index contributed by atoms with van der Waals surface area (Å²) in [6.45, 7) is 2.03. The summed E-state index contributed by atoms with van der Waals surface area (Å²) in [4.78, 5) is 13.0. The Morgan fingerprint density at radius 2 is 1.74 bits per heavy atom. The summed E-state index contributed by atoms with van der Waals surface area (Å²) >= 11 is 18.4. The number of nitriles is 1. The summed E-state index contributed by atoms with van der Waals surface area (Å²) < 4.78 is 6.10. The van der Waals surface area contributed by atoms with Gasteiger partial charge in [-0.1, -0.05) is 77.3 Å². The Hall–Kier alpha value is -3.49. The lowest BCUT2D eigenvalue weighted by Gasteiger charge is -2.14. The van der Waals surface area contributed by atoms with Crippen LogP contribution >= 0.6 is 34.8 Å². The molecule has 0 unspecified atom stereocenters. The quantitative estimate of drug-likeness (QED) is 0.205. The number of hydrogen-bond acceptors (Lipinski definition) is 3. The molecule has 0 saturated carbocycles. The first-order valence-corrected chi connectivity index (χ1v) is 11.8. The molecule has 0 heterocycles. The molecule has 4 aromatic carbocycles. The second-order valence-corrected chi connectivity index (χ2v) is 9.09. The third-order valence-electron chi connectivity index (χ3n) is 5.43. The summed E-state index contributed by atoms with van der Waals surface area (Å²) in [7, 11) is 0. The van der Waals surface area contributed by atoms with Crippen molar-refractivity contribution in [1.29, 1.82) is 5.26 Å². The zero-order chi connectivity index (χ0) is 24.9. The number of anilines is 1. The zero-order valence-corrected chi connectivity index (χ0v) is 20.9. The minimum absolute atomic E-state index is 0.0740. The van der Waals surface area contributed by atoms with Gasteiger partial charge in [-0.2, -0.15) is 5.26 Å². The number of carbonyl (C=O) groups is 1. The third kappa shape index (κ3) is 5.78. The highest BCUT2D eigenvalue weighted by atomic mass is 35.5. The number of benzene rings is 4. The topological polar surface area (TPSA) is 62.1 Å². The first-order valence-electron chi connectivity index (χ1n) is 10.6. The molecule has 0 bridgehead atoms. The third-order valence-corrected chi connectivity index (χ3v) is 6.25. The molecule has 1 amide bonds. The molecule has 0 aliphatic carbocycles. The number of halogens is 3. The monoisotopic (exact) mass is 520 g/mol. The Labute approximate surface area is 218 Å². The van der Waals surface area contributed by atoms with Gasteiger partial charge in [0.1, 0.15) is 24.0 Å². The van der Waals surface area contributed by atoms with E-state index in [1.807, 2.05) is 49.4 Å². The first-order chi connectivity index (χ1) is 16.9. The Morgan fingerprint density at radius 1 is 1.00 bits per heavy atom. The number of carbonyl (C=O) groups excluding carboxylic acids is 1. The Bertz CT molecular complexity index is 1510. The second-order valence-electron chi connectivity index (χ2n) is 7.81. The molecule has 4 aromatic rings. The predicted molar refractivity (Wildman–Crippen MR) is 143 cm³/mol. The van der Waals surface area contributed by atoms with E-state index in [4.69, 9.17) is 39.5 Å². The molecule has 0 aliphatic rings. The SMILES string of the molecule is Cc1ccc(Cl)cc1NC(=O)/C(C#N)=C/c1c(OCc2ccc(Cl)cc2Cl)ccc2ccccc12. The van der Waals surface area contributed by atoms with E-state index in [0.717, 1.165) is 21.9 Å². The van der Waals surface area contributed by atoms with Crippen LogP contribution in [0.5, 0.6) is 5.75 Å². The number of rotatable bonds is 6. The predicted octanol–water partition coefficient (Wildman–Crippen LogP) is 8.23. The summed E-state index contributed by atoms with van der Waals surface area (Å²) in [5.41, 5.74) is 2.66. The fraction of sp³-hybridized carbons (Fsp3) is 0.0714. The van der Waals surface area contributed by atoms with E-state index in [2.05, 4.69) is 5.32 Å². The molecule has 174 valence electrons. The van der Waals surface area contributed by atoms with E-state index in [1.165, 1.54) is 6.08 Å². The molecule has 4 rings (SSSR count). The lowest BCUT2D eigenvalue weighted by molar-refractivity contribution is -0.112. The highest BCUT2D eigenvalue weighted by Crippen LogP contribution is 2.32. The lowest BCUT2D eigenvalue weighted by atomic mass is 10.0. The van der Waals surface area contributed by atoms with Crippen molar-refractivity contribution in [2.24, 2.45) is 0 Å². The number of aryl methyl sites for hydroxylation is 1. The van der Waals surface area contributed by atoms with E-state index in [9.17, 15) is 10.1 Å². The zero-order valence-electron chi connectivity index (χ0n) is 18.6. The van der Waals surface area contributed by atoms with Gasteiger partial charge in [-0.05, 0) is 59.7 Å². The highest BCUT2D eigenvalue weighted by molar-refractivity contribution is 6.35. The van der Waals surface area contributed by atoms with Gasteiger partial charge >= 0.3 is 0 Å². The average Bonchev–Trinajstić information content (AvgIpc) is 2.84. The second kappa shape index (κ2) is 10.8. The number of nitrogens with one attached hydrogen (secondary N) is 1. The van der Waals surface area contributed by atoms with Gasteiger partial charge in [0, 0.05) is 31.9 Å². The minimum atomic E-state index is -0.544. The van der Waals surface area contributed by atoms with E-state index in [-0.39, 0.29) is 12.2 Å². The smallest absolute Gasteiger partial charge is 0.266 e. The van der Waals surface area contributed by atoms with Crippen LogP contribution in [-0.4, -0.2) is 5.91 Å². The molecule has 4 nitrogen and oxygen atoms in total. The number of ether oxygens (including phenoxy) is 1. The van der Waals surface area contributed by atoms with Gasteiger partial charge in [0.05, 0.1) is 0 Å². The van der Waals surface area contributed by atoms with Gasteiger partial charge in [-0.15, -0.1) is 0 Å². The maximum Gasteiger partial charge on any atom is 0.266 e. The average molecular weight is 522 g/mol. The van der Waals surface area contributed by atoms with Crippen molar-refractivity contribution in [3.8, 4) is 11.8 Å². The highest BCUT2D eigenvalue weighted by Gasteiger charge is 2.15. The first kappa shape index (κ1) is 24.6. The number of nitrogens with zero attached hydrogens (tertiary/aromatic N) is 1. The molecule has 7 heteroatoms. The summed E-state index contributed by atoms with van der Waals surface area (Å²) in [5, 5.41) is 15.9. The molecule has 35 heavy (non-hydrogen) atoms. The molecule has 0 aromatic heterocycles. The van der Waals surface area contributed by atoms with Gasteiger partial charge in [-0.25, -0.2) is 0 Å². The van der Waals surface area contributed by atoms with Crippen LogP contribution in [0.4, 0.5) is 5.69 Å². The van der Waals surface area contributed by atoms with E-state index >= 15 is 0 Å². The van der Waals surface area contributed by atoms with Crippen LogP contribution in [-0.2, 0) is 11.4 Å². The fourth-order valence-electron chi connectivity index (χ4n) is 3.56. The molecule has 0 aliphatic heterocycles. The Kier molecular flexibility index (Phi) is 7.63. The van der Waals surface area contributed by atoms with E-state index in [0.29, 0.717) is 32.1 Å². The maximum absolute atomic E-state index is 13.0. The molecular formula is C28H19Cl3N2O2. The Morgan fingerprint density at radius 3 is 2.51 bits per heavy atom. The van der Waals surface area contributed by atoms with Gasteiger partial charge in [0.2, 0.25) is 0 Å². The van der Waals surface area contributed by atoms with Gasteiger partial charge in [-0.3, -0.25) is 4.79 Å². The van der Waals surface area contributed by atoms with Crippen molar-refractivity contribution in [2.45, 2.75) is 13.5 Å². The summed E-state index contributed by atoms with van der Waals surface area (Å²) in [6, 6.07) is 23.8. The molecule has 0 fully saturated rings. The standard InChI is InChI=1S/C28H19Cl3N2O2/c1-17-6-9-22(30)14-26(17)33-28(34)20(15-32)12-24-23-5-3-2-4-18(23)8-11-27(24)35-16-19-7-10-21(29)13-25(19)31/h2-14H,16H2,1H3,(H,33,34)/b20-12+. The van der Waals surface area contributed by atoms with Crippen LogP contribution in [0.2, 0.25) is 15.1 Å². The van der Waals surface area contributed by atoms with Gasteiger partial charge in [0.25, 0.3) is 5.91 Å². The number of amides is 1. The van der Waals surface area contributed by atoms with Crippen molar-refractivity contribution in [3.63, 3.8) is 0 Å². The molecule has 0 atom stereocenters. The van der Waals surface area contributed by atoms with Crippen molar-refractivity contribution in [2.75, 3.05) is 5.32 Å². The normalized spacial score (nSPS) is 11.2. The molecule has 0 spiro atoms. The van der Waals surface area contributed by atoms with Crippen molar-refractivity contribution < 1.29 is 9.53 Å². The molecule has 1 N–H and O–H groups in total. The summed E-state index contributed by atoms with van der Waals surface area (Å²) in [5.74, 6) is -0.0355. The maximum atomic E-state index is 13.0. The minimum Gasteiger partial charge on any atom is -0.488 e. The van der Waals surface area contributed by atoms with E-state index in [1.54, 1.807) is 36.4 Å². The van der Waals surface area contributed by atoms with Gasteiger partial charge < -0.3 is 10.1 Å². The van der Waals surface area contributed by atoms with Crippen LogP contribution in [0.25, 0.3) is 16.8 Å². The van der Waals surface area contributed by atoms with Crippen LogP contribution in [0, 0.1) is 18.3 Å². The van der Waals surface area contributed by atoms with Crippen molar-refractivity contribution in [3.05, 3.63) is 110 Å². The van der Waals surface area contributed by atoms with E-state index < -0.39 is 5.91 Å². The number of hydrogen-bond donors (Lipinski definition) is 1. The Balaban J connectivity index is 1.72. The van der Waals surface area contributed by atoms with Crippen LogP contribution in [0.3, 0.4) is 0 Å². The number of fused-ring (bicyclic) bond motifs is 1. The molecule has 0 saturated heterocycles. The van der Waals surface area contributed by atoms with Crippen molar-refractivity contribution in [1.82, 2.24) is 0 Å². The van der Waals surface area contributed by atoms with Crippen LogP contribution in [0.1, 0.15) is 16.7 Å². The lowest BCUT2D eigenvalue weighted by Crippen LogP contribution is -2.14. The summed E-state index contributed by atoms with van der Waals surface area (Å²) in [6.07, 6.45) is 1.54. The molecule has 0 radical (unpaired) electrons. The van der Waals surface area contributed by atoms with Crippen molar-refractivity contribution >= 4 is 63.2 Å². The largest absolute Gasteiger partial charge is 0.488 e. The van der Waals surface area contributed by atoms with Gasteiger partial charge in [0.15, 0.2) is 0 Å². The molecular weight excluding hydrogens is 503 g/mol. The van der Waals surface area contributed by atoms with Crippen LogP contribution < -0.4 is 10.1 Å². The fourth-order valence-corrected chi connectivity index (χ4v) is 4.19. The van der Waals surface area contributed by atoms with Crippen LogP contribution in [0.15, 0.2) is 78.4 Å².